The standard InChI is InChI=1S/C77H128O16P2/c1-4-7-10-13-16-19-22-24-26-28-30-32-34-35-37-39-40-42-44-46-49-51-54-57-60-63-75(80)87-66-72(78)67-89-94(83,84)90-68-73(79)69-91-95(85,86)92-71-74(93-77(82)65-62-59-56-53-48-21-18-15-12-9-6-3)70-88-76(81)64-61-58-55-52-50-47-45-43-41-38-36-33-31-29-27-25-23-20-17-14-11-8-5-2/h7-8,10-11,15-20,24-27,30-33,35,37-38,41,45,47,72-74,78-79H,4-6,9,12-14,21-23,28-29,34,36,39-40,42-44,46,48-71H2,1-3H3,(H,83,84)(H,85,86)/b10-7-,11-8-,18-15-,19-16-,20-17-,26-24-,27-25-,32-30-,33-31-,37-35-,41-38-,47-45-. The van der Waals surface area contributed by atoms with Crippen LogP contribution in [0.25, 0.3) is 0 Å². The number of rotatable bonds is 67. The first-order valence-corrected chi connectivity index (χ1v) is 39.1. The van der Waals surface area contributed by atoms with Gasteiger partial charge >= 0.3 is 33.6 Å². The van der Waals surface area contributed by atoms with Crippen LogP contribution in [0, 0.1) is 0 Å². The minimum Gasteiger partial charge on any atom is -0.463 e. The van der Waals surface area contributed by atoms with Crippen LogP contribution in [-0.2, 0) is 55.8 Å². The molecule has 0 heterocycles. The molecule has 0 saturated carbocycles. The van der Waals surface area contributed by atoms with Gasteiger partial charge in [-0.3, -0.25) is 32.5 Å². The minimum atomic E-state index is -4.94. The number of carbonyl (C=O) groups is 3. The molecule has 0 aromatic carbocycles. The Kier molecular flexibility index (Phi) is 66.0. The molecule has 0 aliphatic rings. The molecule has 0 radical (unpaired) electrons. The van der Waals surface area contributed by atoms with Gasteiger partial charge in [-0.2, -0.15) is 0 Å². The highest BCUT2D eigenvalue weighted by molar-refractivity contribution is 7.47. The monoisotopic (exact) mass is 1370 g/mol. The van der Waals surface area contributed by atoms with E-state index in [1.54, 1.807) is 0 Å². The van der Waals surface area contributed by atoms with Crippen LogP contribution in [0.5, 0.6) is 0 Å². The lowest BCUT2D eigenvalue weighted by atomic mass is 10.1. The highest BCUT2D eigenvalue weighted by Gasteiger charge is 2.29. The Balaban J connectivity index is 4.57. The average molecular weight is 1370 g/mol. The summed E-state index contributed by atoms with van der Waals surface area (Å²) in [7, 11) is -9.80. The number of aliphatic hydroxyl groups is 2. The van der Waals surface area contributed by atoms with Gasteiger partial charge in [0.2, 0.25) is 0 Å². The topological polar surface area (TPSA) is 231 Å². The Labute approximate surface area is 575 Å². The van der Waals surface area contributed by atoms with Gasteiger partial charge in [0.25, 0.3) is 0 Å². The van der Waals surface area contributed by atoms with Crippen LogP contribution < -0.4 is 0 Å². The van der Waals surface area contributed by atoms with E-state index in [4.69, 9.17) is 32.3 Å². The number of allylic oxidation sites excluding steroid dienone is 24. The largest absolute Gasteiger partial charge is 0.472 e. The molecule has 0 aliphatic carbocycles. The second-order valence-electron chi connectivity index (χ2n) is 23.6. The lowest BCUT2D eigenvalue weighted by Gasteiger charge is -2.21. The van der Waals surface area contributed by atoms with E-state index in [-0.39, 0.29) is 19.3 Å². The van der Waals surface area contributed by atoms with Gasteiger partial charge in [0, 0.05) is 19.3 Å². The molecule has 0 spiro atoms. The highest BCUT2D eigenvalue weighted by Crippen LogP contribution is 2.45. The second kappa shape index (κ2) is 69.3. The van der Waals surface area contributed by atoms with Crippen LogP contribution in [0.2, 0.25) is 0 Å². The summed E-state index contributed by atoms with van der Waals surface area (Å²) >= 11 is 0. The predicted molar refractivity (Wildman–Crippen MR) is 389 cm³/mol. The lowest BCUT2D eigenvalue weighted by molar-refractivity contribution is -0.161. The third kappa shape index (κ3) is 70.6. The van der Waals surface area contributed by atoms with Crippen molar-refractivity contribution in [2.75, 3.05) is 39.6 Å². The van der Waals surface area contributed by atoms with Crippen molar-refractivity contribution < 1.29 is 75.8 Å². The van der Waals surface area contributed by atoms with Crippen molar-refractivity contribution >= 4 is 33.6 Å². The van der Waals surface area contributed by atoms with Gasteiger partial charge in [0.1, 0.15) is 25.4 Å². The van der Waals surface area contributed by atoms with E-state index in [1.807, 2.05) is 0 Å². The zero-order valence-electron chi connectivity index (χ0n) is 58.8. The number of phosphoric ester groups is 2. The van der Waals surface area contributed by atoms with Crippen molar-refractivity contribution in [1.29, 1.82) is 0 Å². The van der Waals surface area contributed by atoms with E-state index in [9.17, 15) is 43.5 Å². The molecule has 0 bridgehead atoms. The summed E-state index contributed by atoms with van der Waals surface area (Å²) in [4.78, 5) is 58.4. The van der Waals surface area contributed by atoms with Gasteiger partial charge in [-0.1, -0.05) is 256 Å². The molecule has 18 heteroatoms. The zero-order chi connectivity index (χ0) is 69.5. The molecule has 5 unspecified atom stereocenters. The minimum absolute atomic E-state index is 0.0836. The Bertz CT molecular complexity index is 2310. The van der Waals surface area contributed by atoms with E-state index in [0.29, 0.717) is 19.3 Å². The zero-order valence-corrected chi connectivity index (χ0v) is 60.6. The molecule has 0 saturated heterocycles. The van der Waals surface area contributed by atoms with Gasteiger partial charge in [-0.15, -0.1) is 0 Å². The third-order valence-corrected chi connectivity index (χ3v) is 16.4. The molecular weight excluding hydrogens is 1240 g/mol. The number of unbranched alkanes of at least 4 members (excludes halogenated alkanes) is 20. The third-order valence-electron chi connectivity index (χ3n) is 14.5. The van der Waals surface area contributed by atoms with Crippen LogP contribution in [0.4, 0.5) is 0 Å². The van der Waals surface area contributed by atoms with Crippen LogP contribution in [0.1, 0.15) is 265 Å². The van der Waals surface area contributed by atoms with Crippen molar-refractivity contribution in [3.8, 4) is 0 Å². The van der Waals surface area contributed by atoms with E-state index in [1.165, 1.54) is 38.5 Å². The van der Waals surface area contributed by atoms with Crippen LogP contribution >= 0.6 is 15.6 Å². The fourth-order valence-corrected chi connectivity index (χ4v) is 10.6. The summed E-state index contributed by atoms with van der Waals surface area (Å²) in [6.07, 6.45) is 83.3. The maximum atomic E-state index is 12.9. The number of ether oxygens (including phenoxy) is 3. The van der Waals surface area contributed by atoms with E-state index >= 15 is 0 Å². The molecule has 4 N–H and O–H groups in total. The number of esters is 3. The number of hydrogen-bond donors (Lipinski definition) is 4. The maximum Gasteiger partial charge on any atom is 0.472 e. The number of phosphoric acid groups is 2. The molecule has 0 rings (SSSR count). The first-order chi connectivity index (χ1) is 46.2. The summed E-state index contributed by atoms with van der Waals surface area (Å²) in [5.41, 5.74) is 0. The summed E-state index contributed by atoms with van der Waals surface area (Å²) in [6.45, 7) is 2.34. The summed E-state index contributed by atoms with van der Waals surface area (Å²) < 4.78 is 60.9. The quantitative estimate of drug-likeness (QED) is 0.0146. The molecule has 0 amide bonds. The first kappa shape index (κ1) is 90.4. The van der Waals surface area contributed by atoms with E-state index in [0.717, 1.165) is 167 Å². The molecule has 0 fully saturated rings. The van der Waals surface area contributed by atoms with Gasteiger partial charge in [-0.05, 0) is 135 Å². The number of hydrogen-bond acceptors (Lipinski definition) is 14. The molecule has 5 atom stereocenters. The molecule has 542 valence electrons. The van der Waals surface area contributed by atoms with E-state index in [2.05, 4.69) is 167 Å². The van der Waals surface area contributed by atoms with Crippen LogP contribution in [-0.4, -0.2) is 95.9 Å². The smallest absolute Gasteiger partial charge is 0.463 e. The van der Waals surface area contributed by atoms with Gasteiger partial charge in [0.15, 0.2) is 6.10 Å². The Morgan fingerprint density at radius 2 is 0.558 bits per heavy atom. The van der Waals surface area contributed by atoms with Crippen molar-refractivity contribution in [2.24, 2.45) is 0 Å². The SMILES string of the molecule is CC/C=C\C/C=C\C/C=C\C/C=C\C/C=C\C/C=C\CCCCCCC(=O)OCC(COP(=O)(O)OCC(O)COP(=O)(O)OCC(O)COC(=O)CCCCCCCCCCC/C=C\C/C=C\C/C=C\C/C=C\C/C=C\CC)OC(=O)CCCCCCC/C=C\CCCC. The normalized spacial score (nSPS) is 15.0. The van der Waals surface area contributed by atoms with Crippen molar-refractivity contribution in [2.45, 2.75) is 283 Å². The Morgan fingerprint density at radius 3 is 0.895 bits per heavy atom. The van der Waals surface area contributed by atoms with Gasteiger partial charge < -0.3 is 34.2 Å². The number of carbonyl (C=O) groups excluding carboxylic acids is 3. The van der Waals surface area contributed by atoms with Crippen LogP contribution in [0.3, 0.4) is 0 Å². The number of aliphatic hydroxyl groups excluding tert-OH is 2. The molecule has 0 aromatic rings. The first-order valence-electron chi connectivity index (χ1n) is 36.1. The Morgan fingerprint density at radius 1 is 0.305 bits per heavy atom. The van der Waals surface area contributed by atoms with Crippen molar-refractivity contribution in [3.63, 3.8) is 0 Å². The summed E-state index contributed by atoms with van der Waals surface area (Å²) in [6, 6.07) is 0. The molecule has 95 heavy (non-hydrogen) atoms. The van der Waals surface area contributed by atoms with Gasteiger partial charge in [-0.25, -0.2) is 9.13 Å². The Hall–Kier alpha value is -4.57. The second-order valence-corrected chi connectivity index (χ2v) is 26.5. The van der Waals surface area contributed by atoms with Crippen molar-refractivity contribution in [1.82, 2.24) is 0 Å². The van der Waals surface area contributed by atoms with Crippen LogP contribution in [0.15, 0.2) is 146 Å². The fraction of sp³-hybridized carbons (Fsp3) is 0.649. The average Bonchev–Trinajstić information content (AvgIpc) is 3.72. The highest BCUT2D eigenvalue weighted by atomic mass is 31.2. The molecule has 16 nitrogen and oxygen atoms in total. The predicted octanol–water partition coefficient (Wildman–Crippen LogP) is 20.5. The summed E-state index contributed by atoms with van der Waals surface area (Å²) in [5, 5.41) is 20.6. The molecular formula is C77H128O16P2. The van der Waals surface area contributed by atoms with Crippen molar-refractivity contribution in [3.05, 3.63) is 146 Å². The summed E-state index contributed by atoms with van der Waals surface area (Å²) in [5.74, 6) is -1.63. The molecule has 0 aromatic heterocycles. The fourth-order valence-electron chi connectivity index (χ4n) is 9.05. The van der Waals surface area contributed by atoms with E-state index < -0.39 is 91.5 Å². The molecule has 0 aliphatic heterocycles. The van der Waals surface area contributed by atoms with Gasteiger partial charge in [0.05, 0.1) is 26.4 Å². The lowest BCUT2D eigenvalue weighted by Crippen LogP contribution is -2.30. The maximum absolute atomic E-state index is 12.9.